The molecule has 0 atom stereocenters. The number of hydrogen-bond donors (Lipinski definition) is 0. The Balaban J connectivity index is 2.15. The number of methoxy groups -OCH3 is 1. The summed E-state index contributed by atoms with van der Waals surface area (Å²) in [6.45, 7) is 2.33. The normalized spacial score (nSPS) is 10.2. The molecule has 0 N–H and O–H groups in total. The van der Waals surface area contributed by atoms with Crippen LogP contribution in [0.15, 0.2) is 42.5 Å². The van der Waals surface area contributed by atoms with E-state index in [4.69, 9.17) is 9.47 Å². The third kappa shape index (κ3) is 3.95. The van der Waals surface area contributed by atoms with Crippen LogP contribution in [0, 0.1) is 10.1 Å². The van der Waals surface area contributed by atoms with Crippen LogP contribution in [0.1, 0.15) is 18.1 Å². The van der Waals surface area contributed by atoms with Gasteiger partial charge in [0.2, 0.25) is 0 Å². The molecule has 110 valence electrons. The van der Waals surface area contributed by atoms with E-state index in [0.29, 0.717) is 11.3 Å². The molecule has 0 heterocycles. The van der Waals surface area contributed by atoms with E-state index in [1.54, 1.807) is 6.07 Å². The van der Waals surface area contributed by atoms with Gasteiger partial charge in [-0.2, -0.15) is 0 Å². The van der Waals surface area contributed by atoms with Gasteiger partial charge in [-0.15, -0.1) is 0 Å². The summed E-state index contributed by atoms with van der Waals surface area (Å²) in [7, 11) is 1.48. The molecule has 21 heavy (non-hydrogen) atoms. The summed E-state index contributed by atoms with van der Waals surface area (Å²) in [6, 6.07) is 12.4. The number of aryl methyl sites for hydroxylation is 1. The lowest BCUT2D eigenvalue weighted by Gasteiger charge is -2.09. The van der Waals surface area contributed by atoms with Crippen molar-refractivity contribution in [3.05, 3.63) is 63.7 Å². The first-order valence-corrected chi connectivity index (χ1v) is 6.66. The lowest BCUT2D eigenvalue weighted by atomic mass is 10.1. The van der Waals surface area contributed by atoms with E-state index in [1.165, 1.54) is 24.8 Å². The van der Waals surface area contributed by atoms with Crippen LogP contribution in [0.4, 0.5) is 5.69 Å². The first-order valence-electron chi connectivity index (χ1n) is 6.66. The monoisotopic (exact) mass is 287 g/mol. The molecule has 0 bridgehead atoms. The summed E-state index contributed by atoms with van der Waals surface area (Å²) >= 11 is 0. The number of nitrogens with zero attached hydrogens (tertiary/aromatic N) is 1. The van der Waals surface area contributed by atoms with E-state index in [2.05, 4.69) is 6.92 Å². The molecule has 2 rings (SSSR count). The van der Waals surface area contributed by atoms with Crippen LogP contribution < -0.4 is 9.47 Å². The SMILES string of the molecule is CCc1cccc(OCc2cc(OC)cc([N+](=O)[O-])c2)c1. The zero-order valence-electron chi connectivity index (χ0n) is 12.0. The van der Waals surface area contributed by atoms with Crippen molar-refractivity contribution in [1.82, 2.24) is 0 Å². The van der Waals surface area contributed by atoms with Crippen molar-refractivity contribution >= 4 is 5.69 Å². The fourth-order valence-electron chi connectivity index (χ4n) is 1.97. The highest BCUT2D eigenvalue weighted by Crippen LogP contribution is 2.24. The highest BCUT2D eigenvalue weighted by Gasteiger charge is 2.10. The summed E-state index contributed by atoms with van der Waals surface area (Å²) in [5, 5.41) is 10.9. The Labute approximate surface area is 123 Å². The average Bonchev–Trinajstić information content (AvgIpc) is 2.52. The summed E-state index contributed by atoms with van der Waals surface area (Å²) in [6.07, 6.45) is 0.932. The molecular formula is C16H17NO4. The van der Waals surface area contributed by atoms with Crippen LogP contribution in [-0.2, 0) is 13.0 Å². The molecule has 5 nitrogen and oxygen atoms in total. The van der Waals surface area contributed by atoms with Crippen LogP contribution >= 0.6 is 0 Å². The van der Waals surface area contributed by atoms with E-state index in [1.807, 2.05) is 24.3 Å². The number of hydrogen-bond acceptors (Lipinski definition) is 4. The smallest absolute Gasteiger partial charge is 0.273 e. The van der Waals surface area contributed by atoms with Crippen molar-refractivity contribution in [2.45, 2.75) is 20.0 Å². The van der Waals surface area contributed by atoms with Crippen molar-refractivity contribution in [3.8, 4) is 11.5 Å². The van der Waals surface area contributed by atoms with Gasteiger partial charge in [0.05, 0.1) is 18.1 Å². The second-order valence-electron chi connectivity index (χ2n) is 4.59. The Morgan fingerprint density at radius 1 is 1.10 bits per heavy atom. The number of rotatable bonds is 6. The van der Waals surface area contributed by atoms with E-state index in [0.717, 1.165) is 12.2 Å². The zero-order valence-corrected chi connectivity index (χ0v) is 12.0. The number of non-ortho nitro benzene ring substituents is 1. The predicted molar refractivity (Wildman–Crippen MR) is 79.8 cm³/mol. The topological polar surface area (TPSA) is 61.6 Å². The minimum atomic E-state index is -0.441. The lowest BCUT2D eigenvalue weighted by molar-refractivity contribution is -0.385. The largest absolute Gasteiger partial charge is 0.496 e. The molecule has 0 radical (unpaired) electrons. The third-order valence-corrected chi connectivity index (χ3v) is 3.11. The molecule has 0 unspecified atom stereocenters. The first kappa shape index (κ1) is 14.8. The number of nitro benzene ring substituents is 1. The molecule has 5 heteroatoms. The van der Waals surface area contributed by atoms with Gasteiger partial charge >= 0.3 is 0 Å². The summed E-state index contributed by atoms with van der Waals surface area (Å²) in [4.78, 5) is 10.4. The molecule has 0 aromatic heterocycles. The molecule has 0 saturated heterocycles. The molecule has 0 aliphatic heterocycles. The van der Waals surface area contributed by atoms with E-state index < -0.39 is 4.92 Å². The fourth-order valence-corrected chi connectivity index (χ4v) is 1.97. The standard InChI is InChI=1S/C16H17NO4/c1-3-12-5-4-6-15(8-12)21-11-13-7-14(17(18)19)10-16(9-13)20-2/h4-10H,3,11H2,1-2H3. The molecule has 0 amide bonds. The second kappa shape index (κ2) is 6.74. The Bertz CT molecular complexity index is 640. The van der Waals surface area contributed by atoms with Gasteiger partial charge in [-0.3, -0.25) is 10.1 Å². The maximum atomic E-state index is 10.9. The zero-order chi connectivity index (χ0) is 15.2. The Morgan fingerprint density at radius 2 is 1.86 bits per heavy atom. The average molecular weight is 287 g/mol. The molecule has 2 aromatic carbocycles. The van der Waals surface area contributed by atoms with E-state index >= 15 is 0 Å². The van der Waals surface area contributed by atoms with Gasteiger partial charge < -0.3 is 9.47 Å². The van der Waals surface area contributed by atoms with Gasteiger partial charge in [0.25, 0.3) is 5.69 Å². The number of nitro groups is 1. The van der Waals surface area contributed by atoms with E-state index in [-0.39, 0.29) is 12.3 Å². The van der Waals surface area contributed by atoms with E-state index in [9.17, 15) is 10.1 Å². The second-order valence-corrected chi connectivity index (χ2v) is 4.59. The van der Waals surface area contributed by atoms with Gasteiger partial charge in [-0.25, -0.2) is 0 Å². The van der Waals surface area contributed by atoms with Crippen LogP contribution in [0.25, 0.3) is 0 Å². The van der Waals surface area contributed by atoms with Crippen LogP contribution in [0.2, 0.25) is 0 Å². The molecule has 0 aliphatic carbocycles. The number of ether oxygens (including phenoxy) is 2. The maximum Gasteiger partial charge on any atom is 0.273 e. The highest BCUT2D eigenvalue weighted by molar-refractivity contribution is 5.42. The van der Waals surface area contributed by atoms with Gasteiger partial charge in [-0.05, 0) is 35.7 Å². The summed E-state index contributed by atoms with van der Waals surface area (Å²) < 4.78 is 10.8. The Hall–Kier alpha value is -2.56. The van der Waals surface area contributed by atoms with Crippen LogP contribution in [-0.4, -0.2) is 12.0 Å². The lowest BCUT2D eigenvalue weighted by Crippen LogP contribution is -1.99. The first-order chi connectivity index (χ1) is 10.1. The molecular weight excluding hydrogens is 270 g/mol. The highest BCUT2D eigenvalue weighted by atomic mass is 16.6. The molecule has 0 aliphatic rings. The van der Waals surface area contributed by atoms with Crippen LogP contribution in [0.5, 0.6) is 11.5 Å². The third-order valence-electron chi connectivity index (χ3n) is 3.11. The van der Waals surface area contributed by atoms with Crippen LogP contribution in [0.3, 0.4) is 0 Å². The molecule has 0 fully saturated rings. The van der Waals surface area contributed by atoms with Gasteiger partial charge in [0.1, 0.15) is 18.1 Å². The van der Waals surface area contributed by atoms with Crippen molar-refractivity contribution in [2.75, 3.05) is 7.11 Å². The van der Waals surface area contributed by atoms with Crippen molar-refractivity contribution < 1.29 is 14.4 Å². The van der Waals surface area contributed by atoms with Crippen molar-refractivity contribution in [3.63, 3.8) is 0 Å². The van der Waals surface area contributed by atoms with Gasteiger partial charge in [-0.1, -0.05) is 19.1 Å². The molecule has 0 saturated carbocycles. The van der Waals surface area contributed by atoms with Crippen molar-refractivity contribution in [1.29, 1.82) is 0 Å². The van der Waals surface area contributed by atoms with Gasteiger partial charge in [0.15, 0.2) is 0 Å². The quantitative estimate of drug-likeness (QED) is 0.599. The molecule has 2 aromatic rings. The van der Waals surface area contributed by atoms with Gasteiger partial charge in [0, 0.05) is 6.07 Å². The fraction of sp³-hybridized carbons (Fsp3) is 0.250. The molecule has 0 spiro atoms. The Kier molecular flexibility index (Phi) is 4.77. The predicted octanol–water partition coefficient (Wildman–Crippen LogP) is 3.74. The summed E-state index contributed by atoms with van der Waals surface area (Å²) in [5.41, 5.74) is 1.88. The minimum absolute atomic E-state index is 0.00439. The Morgan fingerprint density at radius 3 is 2.52 bits per heavy atom. The summed E-state index contributed by atoms with van der Waals surface area (Å²) in [5.74, 6) is 1.20. The minimum Gasteiger partial charge on any atom is -0.496 e. The number of benzene rings is 2. The maximum absolute atomic E-state index is 10.9. The van der Waals surface area contributed by atoms with Crippen molar-refractivity contribution in [2.24, 2.45) is 0 Å².